The second-order valence-corrected chi connectivity index (χ2v) is 6.20. The molecule has 0 aliphatic carbocycles. The minimum Gasteiger partial charge on any atom is -0.447 e. The van der Waals surface area contributed by atoms with Crippen LogP contribution in [0.15, 0.2) is 36.7 Å². The van der Waals surface area contributed by atoms with Crippen LogP contribution in [0, 0.1) is 0 Å². The van der Waals surface area contributed by atoms with Crippen molar-refractivity contribution in [2.75, 3.05) is 26.2 Å². The molecule has 1 aromatic heterocycles. The van der Waals surface area contributed by atoms with E-state index in [4.69, 9.17) is 16.3 Å². The summed E-state index contributed by atoms with van der Waals surface area (Å²) in [4.78, 5) is 27.8. The summed E-state index contributed by atoms with van der Waals surface area (Å²) in [6.45, 7) is 1.72. The monoisotopic (exact) mass is 346 g/mol. The van der Waals surface area contributed by atoms with Crippen molar-refractivity contribution in [3.63, 3.8) is 0 Å². The highest BCUT2D eigenvalue weighted by Gasteiger charge is 2.39. The van der Waals surface area contributed by atoms with Crippen LogP contribution in [0.1, 0.15) is 10.4 Å². The highest BCUT2D eigenvalue weighted by molar-refractivity contribution is 6.33. The molecule has 1 atom stereocenters. The fourth-order valence-electron chi connectivity index (χ4n) is 3.08. The van der Waals surface area contributed by atoms with Crippen molar-refractivity contribution < 1.29 is 14.3 Å². The molecule has 0 saturated carbocycles. The average molecular weight is 347 g/mol. The number of halogens is 1. The molecule has 0 N–H and O–H groups in total. The quantitative estimate of drug-likeness (QED) is 0.831. The van der Waals surface area contributed by atoms with E-state index in [1.54, 1.807) is 39.0 Å². The van der Waals surface area contributed by atoms with Gasteiger partial charge >= 0.3 is 6.09 Å². The zero-order chi connectivity index (χ0) is 16.7. The Kier molecular flexibility index (Phi) is 3.65. The second kappa shape index (κ2) is 5.83. The number of ether oxygens (including phenoxy) is 1. The van der Waals surface area contributed by atoms with Crippen LogP contribution in [0.2, 0.25) is 5.02 Å². The van der Waals surface area contributed by atoms with Gasteiger partial charge in [0.25, 0.3) is 5.91 Å². The van der Waals surface area contributed by atoms with E-state index in [2.05, 4.69) is 5.10 Å². The lowest BCUT2D eigenvalue weighted by Crippen LogP contribution is -2.53. The minimum absolute atomic E-state index is 0.0803. The summed E-state index contributed by atoms with van der Waals surface area (Å²) in [5, 5.41) is 4.57. The van der Waals surface area contributed by atoms with Crippen molar-refractivity contribution in [3.8, 4) is 5.69 Å². The van der Waals surface area contributed by atoms with E-state index >= 15 is 0 Å². The number of rotatable bonds is 2. The van der Waals surface area contributed by atoms with Gasteiger partial charge in [0, 0.05) is 32.0 Å². The highest BCUT2D eigenvalue weighted by atomic mass is 35.5. The minimum atomic E-state index is -0.300. The van der Waals surface area contributed by atoms with Gasteiger partial charge in [0.15, 0.2) is 0 Å². The SMILES string of the molecule is O=C(c1cc(-n2cccn2)ccc1Cl)N1CCN2C(=O)OC[C@H]2C1. The molecule has 0 spiro atoms. The van der Waals surface area contributed by atoms with Gasteiger partial charge in [-0.1, -0.05) is 11.6 Å². The lowest BCUT2D eigenvalue weighted by Gasteiger charge is -2.35. The third kappa shape index (κ3) is 2.50. The van der Waals surface area contributed by atoms with Crippen molar-refractivity contribution in [1.82, 2.24) is 19.6 Å². The van der Waals surface area contributed by atoms with Crippen LogP contribution in [-0.2, 0) is 4.74 Å². The zero-order valence-corrected chi connectivity index (χ0v) is 13.5. The van der Waals surface area contributed by atoms with Crippen LogP contribution in [-0.4, -0.2) is 63.9 Å². The van der Waals surface area contributed by atoms with Crippen LogP contribution in [0.5, 0.6) is 0 Å². The third-order valence-electron chi connectivity index (χ3n) is 4.35. The van der Waals surface area contributed by atoms with Gasteiger partial charge in [0.1, 0.15) is 6.61 Å². The van der Waals surface area contributed by atoms with Crippen molar-refractivity contribution in [3.05, 3.63) is 47.2 Å². The Labute approximate surface area is 143 Å². The number of nitrogens with zero attached hydrogens (tertiary/aromatic N) is 4. The van der Waals surface area contributed by atoms with E-state index in [0.29, 0.717) is 36.8 Å². The predicted octanol–water partition coefficient (Wildman–Crippen LogP) is 1.80. The number of amides is 2. The number of fused-ring (bicyclic) bond motifs is 1. The molecule has 2 aliphatic rings. The Morgan fingerprint density at radius 3 is 3.00 bits per heavy atom. The number of hydrogen-bond acceptors (Lipinski definition) is 4. The van der Waals surface area contributed by atoms with Crippen molar-refractivity contribution in [1.29, 1.82) is 0 Å². The maximum absolute atomic E-state index is 12.9. The molecule has 2 aliphatic heterocycles. The summed E-state index contributed by atoms with van der Waals surface area (Å²) < 4.78 is 6.71. The lowest BCUT2D eigenvalue weighted by atomic mass is 10.1. The highest BCUT2D eigenvalue weighted by Crippen LogP contribution is 2.24. The summed E-state index contributed by atoms with van der Waals surface area (Å²) in [7, 11) is 0. The number of cyclic esters (lactones) is 1. The van der Waals surface area contributed by atoms with Gasteiger partial charge in [-0.05, 0) is 24.3 Å². The smallest absolute Gasteiger partial charge is 0.410 e. The van der Waals surface area contributed by atoms with Crippen LogP contribution in [0.4, 0.5) is 4.79 Å². The first-order valence-corrected chi connectivity index (χ1v) is 8.03. The maximum atomic E-state index is 12.9. The molecule has 3 heterocycles. The van der Waals surface area contributed by atoms with E-state index in [-0.39, 0.29) is 18.0 Å². The molecular formula is C16H15ClN4O3. The summed E-state index contributed by atoms with van der Waals surface area (Å²) >= 11 is 6.24. The Balaban J connectivity index is 1.58. The summed E-state index contributed by atoms with van der Waals surface area (Å²) in [5.74, 6) is -0.145. The largest absolute Gasteiger partial charge is 0.447 e. The molecule has 0 bridgehead atoms. The summed E-state index contributed by atoms with van der Waals surface area (Å²) in [6, 6.07) is 6.98. The van der Waals surface area contributed by atoms with E-state index in [1.807, 2.05) is 12.1 Å². The van der Waals surface area contributed by atoms with Gasteiger partial charge in [-0.25, -0.2) is 9.48 Å². The molecule has 7 nitrogen and oxygen atoms in total. The van der Waals surface area contributed by atoms with Crippen molar-refractivity contribution in [2.45, 2.75) is 6.04 Å². The second-order valence-electron chi connectivity index (χ2n) is 5.79. The van der Waals surface area contributed by atoms with Crippen LogP contribution < -0.4 is 0 Å². The first-order valence-electron chi connectivity index (χ1n) is 7.66. The predicted molar refractivity (Wildman–Crippen MR) is 86.3 cm³/mol. The van der Waals surface area contributed by atoms with Gasteiger partial charge in [-0.2, -0.15) is 5.10 Å². The van der Waals surface area contributed by atoms with Crippen LogP contribution in [0.3, 0.4) is 0 Å². The number of aromatic nitrogens is 2. The normalized spacial score (nSPS) is 20.0. The third-order valence-corrected chi connectivity index (χ3v) is 4.68. The topological polar surface area (TPSA) is 67.7 Å². The van der Waals surface area contributed by atoms with Gasteiger partial charge in [0.2, 0.25) is 0 Å². The van der Waals surface area contributed by atoms with Gasteiger partial charge in [0.05, 0.1) is 22.3 Å². The lowest BCUT2D eigenvalue weighted by molar-refractivity contribution is 0.0617. The number of benzene rings is 1. The fourth-order valence-corrected chi connectivity index (χ4v) is 3.28. The molecule has 124 valence electrons. The summed E-state index contributed by atoms with van der Waals surface area (Å²) in [6.07, 6.45) is 3.18. The Hall–Kier alpha value is -2.54. The maximum Gasteiger partial charge on any atom is 0.410 e. The molecule has 2 fully saturated rings. The molecule has 24 heavy (non-hydrogen) atoms. The molecule has 4 rings (SSSR count). The molecule has 8 heteroatoms. The van der Waals surface area contributed by atoms with E-state index in [1.165, 1.54) is 0 Å². The van der Waals surface area contributed by atoms with Gasteiger partial charge in [-0.15, -0.1) is 0 Å². The number of carbonyl (C=O) groups excluding carboxylic acids is 2. The Morgan fingerprint density at radius 1 is 1.33 bits per heavy atom. The van der Waals surface area contributed by atoms with E-state index < -0.39 is 0 Å². The fraction of sp³-hybridized carbons (Fsp3) is 0.312. The van der Waals surface area contributed by atoms with Gasteiger partial charge in [-0.3, -0.25) is 9.69 Å². The number of piperazine rings is 1. The summed E-state index contributed by atoms with van der Waals surface area (Å²) in [5.41, 5.74) is 1.20. The zero-order valence-electron chi connectivity index (χ0n) is 12.8. The molecular weight excluding hydrogens is 332 g/mol. The standard InChI is InChI=1S/C16H15ClN4O3/c17-14-3-2-11(21-5-1-4-18-21)8-13(14)15(22)19-6-7-20-12(9-19)10-24-16(20)23/h1-5,8,12H,6-7,9-10H2/t12-/m1/s1. The van der Waals surface area contributed by atoms with Gasteiger partial charge < -0.3 is 9.64 Å². The molecule has 0 radical (unpaired) electrons. The Bertz CT molecular complexity index is 793. The van der Waals surface area contributed by atoms with E-state index in [0.717, 1.165) is 5.69 Å². The van der Waals surface area contributed by atoms with Crippen molar-refractivity contribution >= 4 is 23.6 Å². The molecule has 2 aromatic rings. The first kappa shape index (κ1) is 15.0. The number of hydrogen-bond donors (Lipinski definition) is 0. The van der Waals surface area contributed by atoms with Crippen LogP contribution >= 0.6 is 11.6 Å². The Morgan fingerprint density at radius 2 is 2.21 bits per heavy atom. The number of carbonyl (C=O) groups is 2. The molecule has 1 aromatic carbocycles. The molecule has 2 amide bonds. The molecule has 2 saturated heterocycles. The average Bonchev–Trinajstić information content (AvgIpc) is 3.25. The van der Waals surface area contributed by atoms with E-state index in [9.17, 15) is 9.59 Å². The van der Waals surface area contributed by atoms with Crippen LogP contribution in [0.25, 0.3) is 5.69 Å². The molecule has 0 unspecified atom stereocenters. The van der Waals surface area contributed by atoms with Crippen molar-refractivity contribution in [2.24, 2.45) is 0 Å². The first-order chi connectivity index (χ1) is 11.6.